The zero-order chi connectivity index (χ0) is 12.3. The fourth-order valence-corrected chi connectivity index (χ4v) is 3.00. The molecule has 0 saturated carbocycles. The third-order valence-electron chi connectivity index (χ3n) is 3.65. The number of halogens is 1. The van der Waals surface area contributed by atoms with E-state index in [0.29, 0.717) is 6.04 Å². The first-order valence-electron chi connectivity index (χ1n) is 6.47. The van der Waals surface area contributed by atoms with Crippen molar-refractivity contribution in [3.8, 4) is 0 Å². The Kier molecular flexibility index (Phi) is 4.60. The lowest BCUT2D eigenvalue weighted by molar-refractivity contribution is 0.195. The highest BCUT2D eigenvalue weighted by Crippen LogP contribution is 2.29. The van der Waals surface area contributed by atoms with E-state index >= 15 is 0 Å². The maximum Gasteiger partial charge on any atom is 0.0499 e. The van der Waals surface area contributed by atoms with Gasteiger partial charge in [-0.25, -0.2) is 0 Å². The van der Waals surface area contributed by atoms with Crippen molar-refractivity contribution in [2.24, 2.45) is 5.73 Å². The summed E-state index contributed by atoms with van der Waals surface area (Å²) in [4.78, 5) is 2.51. The Balaban J connectivity index is 2.26. The van der Waals surface area contributed by atoms with Gasteiger partial charge in [0.15, 0.2) is 0 Å². The Hall–Kier alpha value is -0.380. The van der Waals surface area contributed by atoms with Gasteiger partial charge >= 0.3 is 0 Å². The molecule has 1 saturated heterocycles. The van der Waals surface area contributed by atoms with Crippen LogP contribution in [0.1, 0.15) is 37.8 Å². The number of hydrogen-bond acceptors (Lipinski definition) is 2. The van der Waals surface area contributed by atoms with Crippen LogP contribution in [0.2, 0.25) is 0 Å². The van der Waals surface area contributed by atoms with Gasteiger partial charge in [0.05, 0.1) is 0 Å². The summed E-state index contributed by atoms with van der Waals surface area (Å²) in [6, 6.07) is 9.27. The lowest BCUT2D eigenvalue weighted by atomic mass is 9.96. The summed E-state index contributed by atoms with van der Waals surface area (Å²) in [7, 11) is 0. The molecule has 2 nitrogen and oxygen atoms in total. The lowest BCUT2D eigenvalue weighted by Crippen LogP contribution is -2.39. The highest BCUT2D eigenvalue weighted by molar-refractivity contribution is 9.10. The van der Waals surface area contributed by atoms with E-state index in [-0.39, 0.29) is 6.04 Å². The molecule has 1 aliphatic rings. The highest BCUT2D eigenvalue weighted by Gasteiger charge is 2.27. The molecule has 1 aliphatic heterocycles. The van der Waals surface area contributed by atoms with Gasteiger partial charge in [-0.3, -0.25) is 4.90 Å². The Morgan fingerprint density at radius 1 is 1.29 bits per heavy atom. The minimum absolute atomic E-state index is 0.263. The topological polar surface area (TPSA) is 29.3 Å². The van der Waals surface area contributed by atoms with Crippen LogP contribution in [-0.2, 0) is 0 Å². The third kappa shape index (κ3) is 3.09. The Morgan fingerprint density at radius 3 is 2.65 bits per heavy atom. The van der Waals surface area contributed by atoms with Gasteiger partial charge in [-0.1, -0.05) is 41.4 Å². The standard InChI is InChI=1S/C14H21BrN2/c1-2-17-10-4-3-5-13(16)14(17)11-6-8-12(15)9-7-11/h6-9,13-14H,2-5,10,16H2,1H3. The van der Waals surface area contributed by atoms with E-state index in [0.717, 1.165) is 17.4 Å². The van der Waals surface area contributed by atoms with E-state index in [2.05, 4.69) is 52.0 Å². The molecule has 0 bridgehead atoms. The van der Waals surface area contributed by atoms with Crippen molar-refractivity contribution < 1.29 is 0 Å². The van der Waals surface area contributed by atoms with Gasteiger partial charge in [-0.2, -0.15) is 0 Å². The summed E-state index contributed by atoms with van der Waals surface area (Å²) in [5.74, 6) is 0. The minimum Gasteiger partial charge on any atom is -0.326 e. The van der Waals surface area contributed by atoms with Crippen molar-refractivity contribution in [1.82, 2.24) is 4.90 Å². The van der Waals surface area contributed by atoms with Crippen molar-refractivity contribution >= 4 is 15.9 Å². The Bertz CT molecular complexity index is 350. The zero-order valence-corrected chi connectivity index (χ0v) is 12.0. The van der Waals surface area contributed by atoms with Crippen LogP contribution in [0.4, 0.5) is 0 Å². The summed E-state index contributed by atoms with van der Waals surface area (Å²) in [6.45, 7) is 4.48. The van der Waals surface area contributed by atoms with Crippen LogP contribution >= 0.6 is 15.9 Å². The SMILES string of the molecule is CCN1CCCCC(N)C1c1ccc(Br)cc1. The molecule has 3 heteroatoms. The molecule has 0 spiro atoms. The van der Waals surface area contributed by atoms with Gasteiger partial charge in [-0.05, 0) is 43.6 Å². The predicted molar refractivity (Wildman–Crippen MR) is 76.0 cm³/mol. The van der Waals surface area contributed by atoms with Crippen LogP contribution in [0, 0.1) is 0 Å². The molecule has 17 heavy (non-hydrogen) atoms. The molecular weight excluding hydrogens is 276 g/mol. The van der Waals surface area contributed by atoms with Crippen LogP contribution in [0.25, 0.3) is 0 Å². The zero-order valence-electron chi connectivity index (χ0n) is 10.4. The first-order chi connectivity index (χ1) is 8.22. The van der Waals surface area contributed by atoms with Crippen molar-refractivity contribution in [3.05, 3.63) is 34.3 Å². The van der Waals surface area contributed by atoms with E-state index in [1.54, 1.807) is 0 Å². The van der Waals surface area contributed by atoms with Crippen LogP contribution in [-0.4, -0.2) is 24.0 Å². The number of nitrogens with zero attached hydrogens (tertiary/aromatic N) is 1. The van der Waals surface area contributed by atoms with E-state index in [4.69, 9.17) is 5.73 Å². The average Bonchev–Trinajstić information content (AvgIpc) is 2.52. The van der Waals surface area contributed by atoms with Gasteiger partial charge in [0, 0.05) is 16.6 Å². The highest BCUT2D eigenvalue weighted by atomic mass is 79.9. The fourth-order valence-electron chi connectivity index (χ4n) is 2.74. The second kappa shape index (κ2) is 5.98. The molecular formula is C14H21BrN2. The number of hydrogen-bond donors (Lipinski definition) is 1. The first-order valence-corrected chi connectivity index (χ1v) is 7.26. The smallest absolute Gasteiger partial charge is 0.0499 e. The molecule has 2 rings (SSSR count). The second-order valence-electron chi connectivity index (χ2n) is 4.78. The van der Waals surface area contributed by atoms with E-state index < -0.39 is 0 Å². The molecule has 0 aromatic heterocycles. The Labute approximate surface area is 112 Å². The summed E-state index contributed by atoms with van der Waals surface area (Å²) in [6.07, 6.45) is 3.66. The number of likely N-dealkylation sites (N-methyl/N-ethyl adjacent to an activating group) is 1. The van der Waals surface area contributed by atoms with E-state index in [9.17, 15) is 0 Å². The van der Waals surface area contributed by atoms with Gasteiger partial charge < -0.3 is 5.73 Å². The van der Waals surface area contributed by atoms with Crippen molar-refractivity contribution in [2.75, 3.05) is 13.1 Å². The monoisotopic (exact) mass is 296 g/mol. The predicted octanol–water partition coefficient (Wildman–Crippen LogP) is 3.32. The largest absolute Gasteiger partial charge is 0.326 e. The maximum atomic E-state index is 6.36. The molecule has 94 valence electrons. The summed E-state index contributed by atoms with van der Waals surface area (Å²) >= 11 is 3.49. The average molecular weight is 297 g/mol. The van der Waals surface area contributed by atoms with Crippen LogP contribution in [0.15, 0.2) is 28.7 Å². The van der Waals surface area contributed by atoms with E-state index in [1.807, 2.05) is 0 Å². The first kappa shape index (κ1) is 13.1. The third-order valence-corrected chi connectivity index (χ3v) is 4.18. The van der Waals surface area contributed by atoms with E-state index in [1.165, 1.54) is 24.9 Å². The quantitative estimate of drug-likeness (QED) is 0.907. The molecule has 2 atom stereocenters. The van der Waals surface area contributed by atoms with Crippen LogP contribution in [0.3, 0.4) is 0 Å². The fraction of sp³-hybridized carbons (Fsp3) is 0.571. The Morgan fingerprint density at radius 2 is 2.00 bits per heavy atom. The van der Waals surface area contributed by atoms with Crippen LogP contribution in [0.5, 0.6) is 0 Å². The summed E-state index contributed by atoms with van der Waals surface area (Å²) in [5.41, 5.74) is 7.71. The second-order valence-corrected chi connectivity index (χ2v) is 5.70. The molecule has 2 N–H and O–H groups in total. The minimum atomic E-state index is 0.263. The molecule has 0 aliphatic carbocycles. The molecule has 1 aromatic carbocycles. The van der Waals surface area contributed by atoms with Gasteiger partial charge in [0.25, 0.3) is 0 Å². The number of nitrogens with two attached hydrogens (primary N) is 1. The van der Waals surface area contributed by atoms with Crippen molar-refractivity contribution in [3.63, 3.8) is 0 Å². The molecule has 2 unspecified atom stereocenters. The molecule has 1 heterocycles. The number of rotatable bonds is 2. The van der Waals surface area contributed by atoms with Gasteiger partial charge in [0.1, 0.15) is 0 Å². The van der Waals surface area contributed by atoms with Crippen molar-refractivity contribution in [2.45, 2.75) is 38.3 Å². The van der Waals surface area contributed by atoms with Crippen LogP contribution < -0.4 is 5.73 Å². The number of likely N-dealkylation sites (tertiary alicyclic amines) is 1. The molecule has 1 fully saturated rings. The summed E-state index contributed by atoms with van der Waals surface area (Å²) in [5, 5.41) is 0. The van der Waals surface area contributed by atoms with Gasteiger partial charge in [0.2, 0.25) is 0 Å². The number of benzene rings is 1. The maximum absolute atomic E-state index is 6.36. The van der Waals surface area contributed by atoms with Crippen molar-refractivity contribution in [1.29, 1.82) is 0 Å². The summed E-state index contributed by atoms with van der Waals surface area (Å²) < 4.78 is 1.13. The molecule has 1 aromatic rings. The lowest BCUT2D eigenvalue weighted by Gasteiger charge is -2.33. The normalized spacial score (nSPS) is 26.8. The molecule has 0 amide bonds. The molecule has 0 radical (unpaired) electrons. The van der Waals surface area contributed by atoms with Gasteiger partial charge in [-0.15, -0.1) is 0 Å².